The molecule has 12 nitrogen and oxygen atoms in total. The van der Waals surface area contributed by atoms with Crippen LogP contribution in [0.1, 0.15) is 75.2 Å². The number of phenols is 2. The summed E-state index contributed by atoms with van der Waals surface area (Å²) in [7, 11) is 0. The first kappa shape index (κ1) is 35.7. The number of carbonyl (C=O) groups excluding carboxylic acids is 4. The van der Waals surface area contributed by atoms with Gasteiger partial charge in [-0.3, -0.25) is 24.1 Å². The molecule has 8 N–H and O–H groups in total. The number of benzene rings is 2. The highest BCUT2D eigenvalue weighted by Crippen LogP contribution is 2.39. The molecule has 1 aliphatic heterocycles. The summed E-state index contributed by atoms with van der Waals surface area (Å²) in [6.07, 6.45) is 3.70. The van der Waals surface area contributed by atoms with Crippen molar-refractivity contribution in [1.82, 2.24) is 20.9 Å². The molecule has 0 aromatic heterocycles. The van der Waals surface area contributed by atoms with Gasteiger partial charge in [-0.15, -0.1) is 0 Å². The Morgan fingerprint density at radius 1 is 0.979 bits per heavy atom. The fourth-order valence-corrected chi connectivity index (χ4v) is 6.78. The molecular weight excluding hydrogens is 602 g/mol. The van der Waals surface area contributed by atoms with Crippen molar-refractivity contribution in [3.05, 3.63) is 59.7 Å². The predicted molar refractivity (Wildman–Crippen MR) is 176 cm³/mol. The Hall–Kier alpha value is -4.16. The molecular formula is C35H49N5O7. The van der Waals surface area contributed by atoms with E-state index in [9.17, 15) is 34.5 Å². The zero-order valence-electron chi connectivity index (χ0n) is 27.4. The van der Waals surface area contributed by atoms with Crippen LogP contribution in [0.4, 0.5) is 0 Å². The van der Waals surface area contributed by atoms with Gasteiger partial charge < -0.3 is 37.0 Å². The van der Waals surface area contributed by atoms with Crippen molar-refractivity contribution in [2.75, 3.05) is 13.1 Å². The molecule has 0 radical (unpaired) electrons. The molecule has 4 amide bonds. The number of nitrogens with zero attached hydrogens (tertiary/aromatic N) is 1. The number of β-amino-alcohol motifs (C(OH)–C–C–N with tert-alkyl or cyclic N) is 1. The molecule has 1 aliphatic carbocycles. The highest BCUT2D eigenvalue weighted by atomic mass is 16.3. The second-order valence-corrected chi connectivity index (χ2v) is 14.0. The van der Waals surface area contributed by atoms with E-state index in [2.05, 4.69) is 16.0 Å². The summed E-state index contributed by atoms with van der Waals surface area (Å²) in [5.74, 6) is -2.44. The second kappa shape index (κ2) is 15.6. The number of amides is 4. The number of primary amides is 1. The van der Waals surface area contributed by atoms with E-state index < -0.39 is 59.7 Å². The van der Waals surface area contributed by atoms with E-state index in [-0.39, 0.29) is 30.2 Å². The van der Waals surface area contributed by atoms with Gasteiger partial charge in [0.2, 0.25) is 17.7 Å². The lowest BCUT2D eigenvalue weighted by Crippen LogP contribution is -2.61. The standard InChI is InChI=1S/C35H49N5O7/c1-35(2,3)39-34(47)28-16-22-11-7-8-12-23(22)19-40(28)20-30(43)26(15-21-9-5-4-6-10-21)37-33(46)27(18-31(36)44)38-32(45)25-17-24(41)13-14-29(25)42/h4-6,9-10,13-14,17,22-23,26-28,30,41-43H,7-8,11-12,15-16,18-20H2,1-3H3,(H2,36,44)(H,37,46)(H,38,45)(H,39,47)/t22-,23+,26-,27-,28-,30+/m0/s1. The number of fused-ring (bicyclic) bond motifs is 1. The Morgan fingerprint density at radius 2 is 1.66 bits per heavy atom. The van der Waals surface area contributed by atoms with Gasteiger partial charge in [-0.1, -0.05) is 49.6 Å². The number of rotatable bonds is 12. The summed E-state index contributed by atoms with van der Waals surface area (Å²) < 4.78 is 0. The number of aromatic hydroxyl groups is 2. The number of nitrogens with one attached hydrogen (secondary N) is 3. The number of aliphatic hydroxyl groups is 1. The van der Waals surface area contributed by atoms with Gasteiger partial charge in [0.05, 0.1) is 30.2 Å². The van der Waals surface area contributed by atoms with E-state index in [0.29, 0.717) is 24.8 Å². The maximum Gasteiger partial charge on any atom is 0.255 e. The molecule has 2 aromatic carbocycles. The van der Waals surface area contributed by atoms with E-state index in [4.69, 9.17) is 5.73 Å². The van der Waals surface area contributed by atoms with Crippen molar-refractivity contribution in [3.8, 4) is 11.5 Å². The number of carbonyl (C=O) groups is 4. The van der Waals surface area contributed by atoms with Gasteiger partial charge in [0.1, 0.15) is 17.5 Å². The summed E-state index contributed by atoms with van der Waals surface area (Å²) in [4.78, 5) is 54.2. The maximum absolute atomic E-state index is 13.7. The molecule has 0 bridgehead atoms. The molecule has 1 saturated carbocycles. The Kier molecular flexibility index (Phi) is 11.9. The van der Waals surface area contributed by atoms with Crippen molar-refractivity contribution < 1.29 is 34.5 Å². The van der Waals surface area contributed by atoms with Crippen molar-refractivity contribution >= 4 is 23.6 Å². The largest absolute Gasteiger partial charge is 0.508 e. The van der Waals surface area contributed by atoms with Gasteiger partial charge in [0.15, 0.2) is 0 Å². The van der Waals surface area contributed by atoms with E-state index in [0.717, 1.165) is 43.4 Å². The zero-order chi connectivity index (χ0) is 34.3. The lowest BCUT2D eigenvalue weighted by Gasteiger charge is -2.47. The molecule has 2 aromatic rings. The topological polar surface area (TPSA) is 194 Å². The van der Waals surface area contributed by atoms with Crippen LogP contribution in [0.2, 0.25) is 0 Å². The SMILES string of the molecule is CC(C)(C)NC(=O)[C@@H]1C[C@@H]2CCCC[C@@H]2CN1C[C@@H](O)[C@H](Cc1ccccc1)NC(=O)[C@H](CC(N)=O)NC(=O)c1cc(O)ccc1O. The Bertz CT molecular complexity index is 1410. The number of hydrogen-bond donors (Lipinski definition) is 7. The first-order valence-corrected chi connectivity index (χ1v) is 16.4. The fourth-order valence-electron chi connectivity index (χ4n) is 6.78. The highest BCUT2D eigenvalue weighted by molar-refractivity contribution is 6.00. The van der Waals surface area contributed by atoms with Crippen molar-refractivity contribution in [2.45, 2.75) is 95.5 Å². The molecule has 47 heavy (non-hydrogen) atoms. The summed E-state index contributed by atoms with van der Waals surface area (Å²) in [6, 6.07) is 9.92. The van der Waals surface area contributed by atoms with Crippen LogP contribution in [0.15, 0.2) is 48.5 Å². The van der Waals surface area contributed by atoms with Crippen LogP contribution in [0, 0.1) is 11.8 Å². The van der Waals surface area contributed by atoms with Gasteiger partial charge in [0, 0.05) is 18.6 Å². The third-order valence-electron chi connectivity index (χ3n) is 9.07. The van der Waals surface area contributed by atoms with Crippen LogP contribution in [0.25, 0.3) is 0 Å². The van der Waals surface area contributed by atoms with Gasteiger partial charge in [-0.05, 0) is 75.6 Å². The summed E-state index contributed by atoms with van der Waals surface area (Å²) in [5, 5.41) is 40.1. The van der Waals surface area contributed by atoms with Crippen LogP contribution in [0.5, 0.6) is 11.5 Å². The number of phenolic OH excluding ortho intramolecular Hbond substituents is 2. The molecule has 1 saturated heterocycles. The number of aliphatic hydroxyl groups excluding tert-OH is 1. The van der Waals surface area contributed by atoms with Gasteiger partial charge in [-0.25, -0.2) is 0 Å². The maximum atomic E-state index is 13.7. The average molecular weight is 652 g/mol. The first-order chi connectivity index (χ1) is 22.2. The summed E-state index contributed by atoms with van der Waals surface area (Å²) in [5.41, 5.74) is 5.54. The molecule has 6 atom stereocenters. The summed E-state index contributed by atoms with van der Waals surface area (Å²) in [6.45, 7) is 6.58. The Balaban J connectivity index is 1.56. The van der Waals surface area contributed by atoms with E-state index in [1.807, 2.05) is 56.0 Å². The normalized spacial score (nSPS) is 21.8. The minimum absolute atomic E-state index is 0.0863. The van der Waals surface area contributed by atoms with Crippen LogP contribution in [-0.4, -0.2) is 86.7 Å². The van der Waals surface area contributed by atoms with Crippen molar-refractivity contribution in [3.63, 3.8) is 0 Å². The molecule has 0 spiro atoms. The lowest BCUT2D eigenvalue weighted by molar-refractivity contribution is -0.133. The van der Waals surface area contributed by atoms with Crippen LogP contribution < -0.4 is 21.7 Å². The number of piperidine rings is 1. The zero-order valence-corrected chi connectivity index (χ0v) is 27.4. The van der Waals surface area contributed by atoms with E-state index >= 15 is 0 Å². The monoisotopic (exact) mass is 651 g/mol. The minimum atomic E-state index is -1.43. The van der Waals surface area contributed by atoms with Crippen LogP contribution in [-0.2, 0) is 20.8 Å². The lowest BCUT2D eigenvalue weighted by atomic mass is 9.72. The minimum Gasteiger partial charge on any atom is -0.508 e. The summed E-state index contributed by atoms with van der Waals surface area (Å²) >= 11 is 0. The number of hydrogen-bond acceptors (Lipinski definition) is 8. The first-order valence-electron chi connectivity index (χ1n) is 16.4. The quantitative estimate of drug-likeness (QED) is 0.169. The Labute approximate surface area is 276 Å². The number of likely N-dealkylation sites (tertiary alicyclic amines) is 1. The fraction of sp³-hybridized carbons (Fsp3) is 0.543. The third-order valence-corrected chi connectivity index (χ3v) is 9.07. The molecule has 4 rings (SSSR count). The highest BCUT2D eigenvalue weighted by Gasteiger charge is 2.42. The number of nitrogens with two attached hydrogens (primary N) is 1. The molecule has 256 valence electrons. The molecule has 1 heterocycles. The van der Waals surface area contributed by atoms with Crippen molar-refractivity contribution in [2.24, 2.45) is 17.6 Å². The molecule has 12 heteroatoms. The van der Waals surface area contributed by atoms with Gasteiger partial charge in [0.25, 0.3) is 5.91 Å². The van der Waals surface area contributed by atoms with Crippen LogP contribution >= 0.6 is 0 Å². The second-order valence-electron chi connectivity index (χ2n) is 14.0. The van der Waals surface area contributed by atoms with Crippen LogP contribution in [0.3, 0.4) is 0 Å². The van der Waals surface area contributed by atoms with Crippen molar-refractivity contribution in [1.29, 1.82) is 0 Å². The van der Waals surface area contributed by atoms with E-state index in [1.54, 1.807) is 0 Å². The predicted octanol–water partition coefficient (Wildman–Crippen LogP) is 1.96. The van der Waals surface area contributed by atoms with E-state index in [1.165, 1.54) is 6.07 Å². The Morgan fingerprint density at radius 3 is 2.32 bits per heavy atom. The molecule has 0 unspecified atom stereocenters. The average Bonchev–Trinajstić information content (AvgIpc) is 3.00. The van der Waals surface area contributed by atoms with Gasteiger partial charge >= 0.3 is 0 Å². The molecule has 2 aliphatic rings. The smallest absolute Gasteiger partial charge is 0.255 e. The molecule has 2 fully saturated rings. The third kappa shape index (κ3) is 10.2. The van der Waals surface area contributed by atoms with Gasteiger partial charge in [-0.2, -0.15) is 0 Å².